The first kappa shape index (κ1) is 12.7. The molecule has 3 heteroatoms. The first-order chi connectivity index (χ1) is 9.15. The van der Waals surface area contributed by atoms with Gasteiger partial charge in [0.05, 0.1) is 0 Å². The molecule has 1 aliphatic carbocycles. The van der Waals surface area contributed by atoms with Gasteiger partial charge in [0.25, 0.3) is 5.91 Å². The number of amides is 1. The first-order valence-electron chi connectivity index (χ1n) is 7.28. The molecule has 0 unspecified atom stereocenters. The average Bonchev–Trinajstić information content (AvgIpc) is 3.09. The lowest BCUT2D eigenvalue weighted by atomic mass is 10.0. The van der Waals surface area contributed by atoms with Crippen molar-refractivity contribution in [2.24, 2.45) is 5.92 Å². The van der Waals surface area contributed by atoms with Crippen LogP contribution >= 0.6 is 0 Å². The third-order valence-electron chi connectivity index (χ3n) is 4.12. The molecule has 19 heavy (non-hydrogen) atoms. The molecule has 1 saturated carbocycles. The summed E-state index contributed by atoms with van der Waals surface area (Å²) in [5.41, 5.74) is 3.45. The molecule has 1 aromatic carbocycles. The van der Waals surface area contributed by atoms with Gasteiger partial charge in [0.1, 0.15) is 0 Å². The lowest BCUT2D eigenvalue weighted by molar-refractivity contribution is 0.0696. The Morgan fingerprint density at radius 1 is 1.32 bits per heavy atom. The molecule has 1 heterocycles. The highest BCUT2D eigenvalue weighted by Crippen LogP contribution is 2.31. The predicted octanol–water partition coefficient (Wildman–Crippen LogP) is 2.55. The van der Waals surface area contributed by atoms with E-state index in [1.165, 1.54) is 24.0 Å². The Hall–Kier alpha value is -1.35. The van der Waals surface area contributed by atoms with Crippen molar-refractivity contribution in [3.8, 4) is 0 Å². The SMILES string of the molecule is CC(C)N(CC1CC1)C(=O)c1ccc2c(c1)CNC2. The van der Waals surface area contributed by atoms with Crippen LogP contribution in [0.1, 0.15) is 48.2 Å². The maximum absolute atomic E-state index is 12.7. The second-order valence-electron chi connectivity index (χ2n) is 6.08. The van der Waals surface area contributed by atoms with Gasteiger partial charge < -0.3 is 10.2 Å². The van der Waals surface area contributed by atoms with E-state index in [2.05, 4.69) is 31.3 Å². The van der Waals surface area contributed by atoms with Crippen LogP contribution < -0.4 is 5.32 Å². The number of carbonyl (C=O) groups is 1. The zero-order valence-electron chi connectivity index (χ0n) is 11.8. The Bertz CT molecular complexity index is 492. The molecule has 1 aromatic rings. The molecule has 102 valence electrons. The summed E-state index contributed by atoms with van der Waals surface area (Å²) in [4.78, 5) is 14.7. The van der Waals surface area contributed by atoms with Gasteiger partial charge in [-0.05, 0) is 55.9 Å². The maximum atomic E-state index is 12.7. The van der Waals surface area contributed by atoms with Gasteiger partial charge in [0, 0.05) is 31.2 Å². The molecule has 0 radical (unpaired) electrons. The van der Waals surface area contributed by atoms with Crippen molar-refractivity contribution in [1.82, 2.24) is 10.2 Å². The number of hydrogen-bond donors (Lipinski definition) is 1. The number of carbonyl (C=O) groups excluding carboxylic acids is 1. The van der Waals surface area contributed by atoms with Crippen molar-refractivity contribution in [3.05, 3.63) is 34.9 Å². The normalized spacial score (nSPS) is 17.6. The molecule has 1 amide bonds. The molecule has 1 N–H and O–H groups in total. The standard InChI is InChI=1S/C16H22N2O/c1-11(2)18(10-12-3-4-12)16(19)13-5-6-14-8-17-9-15(14)7-13/h5-7,11-12,17H,3-4,8-10H2,1-2H3. The second-order valence-corrected chi connectivity index (χ2v) is 6.08. The van der Waals surface area contributed by atoms with Crippen LogP contribution in [0.15, 0.2) is 18.2 Å². The summed E-state index contributed by atoms with van der Waals surface area (Å²) in [6.45, 7) is 6.96. The molecule has 0 saturated heterocycles. The van der Waals surface area contributed by atoms with E-state index in [-0.39, 0.29) is 11.9 Å². The number of fused-ring (bicyclic) bond motifs is 1. The summed E-state index contributed by atoms with van der Waals surface area (Å²) in [7, 11) is 0. The zero-order chi connectivity index (χ0) is 13.4. The fourth-order valence-electron chi connectivity index (χ4n) is 2.70. The Labute approximate surface area is 115 Å². The van der Waals surface area contributed by atoms with Gasteiger partial charge in [-0.1, -0.05) is 6.07 Å². The fraction of sp³-hybridized carbons (Fsp3) is 0.562. The van der Waals surface area contributed by atoms with Crippen LogP contribution in [-0.4, -0.2) is 23.4 Å². The Morgan fingerprint density at radius 3 is 2.74 bits per heavy atom. The van der Waals surface area contributed by atoms with E-state index in [4.69, 9.17) is 0 Å². The lowest BCUT2D eigenvalue weighted by Gasteiger charge is -2.27. The molecule has 0 atom stereocenters. The Morgan fingerprint density at radius 2 is 2.05 bits per heavy atom. The topological polar surface area (TPSA) is 32.3 Å². The number of nitrogens with zero attached hydrogens (tertiary/aromatic N) is 1. The maximum Gasteiger partial charge on any atom is 0.254 e. The van der Waals surface area contributed by atoms with Gasteiger partial charge in [0.2, 0.25) is 0 Å². The molecule has 0 bridgehead atoms. The summed E-state index contributed by atoms with van der Waals surface area (Å²) in [6.07, 6.45) is 2.56. The van der Waals surface area contributed by atoms with Crippen LogP contribution in [0.3, 0.4) is 0 Å². The third-order valence-corrected chi connectivity index (χ3v) is 4.12. The smallest absolute Gasteiger partial charge is 0.254 e. The molecular weight excluding hydrogens is 236 g/mol. The fourth-order valence-corrected chi connectivity index (χ4v) is 2.70. The highest BCUT2D eigenvalue weighted by Gasteiger charge is 2.29. The molecule has 3 rings (SSSR count). The van der Waals surface area contributed by atoms with Crippen molar-refractivity contribution >= 4 is 5.91 Å². The minimum atomic E-state index is 0.191. The van der Waals surface area contributed by atoms with Gasteiger partial charge in [-0.2, -0.15) is 0 Å². The largest absolute Gasteiger partial charge is 0.336 e. The number of benzene rings is 1. The number of rotatable bonds is 4. The van der Waals surface area contributed by atoms with E-state index in [0.717, 1.165) is 31.1 Å². The first-order valence-corrected chi connectivity index (χ1v) is 7.28. The van der Waals surface area contributed by atoms with Gasteiger partial charge in [-0.25, -0.2) is 0 Å². The summed E-state index contributed by atoms with van der Waals surface area (Å²) < 4.78 is 0. The van der Waals surface area contributed by atoms with Crippen LogP contribution in [0.4, 0.5) is 0 Å². The van der Waals surface area contributed by atoms with Gasteiger partial charge >= 0.3 is 0 Å². The molecule has 2 aliphatic rings. The lowest BCUT2D eigenvalue weighted by Crippen LogP contribution is -2.38. The van der Waals surface area contributed by atoms with E-state index in [1.54, 1.807) is 0 Å². The van der Waals surface area contributed by atoms with Crippen molar-refractivity contribution in [2.75, 3.05) is 6.54 Å². The van der Waals surface area contributed by atoms with E-state index >= 15 is 0 Å². The molecule has 1 aliphatic heterocycles. The minimum absolute atomic E-state index is 0.191. The zero-order valence-corrected chi connectivity index (χ0v) is 11.8. The summed E-state index contributed by atoms with van der Waals surface area (Å²) in [6, 6.07) is 6.42. The highest BCUT2D eigenvalue weighted by atomic mass is 16.2. The molecule has 0 spiro atoms. The van der Waals surface area contributed by atoms with E-state index in [0.29, 0.717) is 0 Å². The monoisotopic (exact) mass is 258 g/mol. The van der Waals surface area contributed by atoms with Crippen molar-refractivity contribution in [3.63, 3.8) is 0 Å². The van der Waals surface area contributed by atoms with Crippen molar-refractivity contribution < 1.29 is 4.79 Å². The minimum Gasteiger partial charge on any atom is -0.336 e. The van der Waals surface area contributed by atoms with Crippen LogP contribution in [0.25, 0.3) is 0 Å². The molecule has 0 aromatic heterocycles. The highest BCUT2D eigenvalue weighted by molar-refractivity contribution is 5.94. The van der Waals surface area contributed by atoms with Crippen LogP contribution in [0.5, 0.6) is 0 Å². The Kier molecular flexibility index (Phi) is 3.31. The summed E-state index contributed by atoms with van der Waals surface area (Å²) in [5, 5.41) is 3.32. The van der Waals surface area contributed by atoms with Gasteiger partial charge in [-0.15, -0.1) is 0 Å². The Balaban J connectivity index is 1.80. The van der Waals surface area contributed by atoms with Crippen LogP contribution in [0.2, 0.25) is 0 Å². The van der Waals surface area contributed by atoms with Crippen molar-refractivity contribution in [1.29, 1.82) is 0 Å². The molecule has 1 fully saturated rings. The predicted molar refractivity (Wildman–Crippen MR) is 75.9 cm³/mol. The third kappa shape index (κ3) is 2.66. The summed E-state index contributed by atoms with van der Waals surface area (Å²) in [5.74, 6) is 0.930. The summed E-state index contributed by atoms with van der Waals surface area (Å²) >= 11 is 0. The average molecular weight is 258 g/mol. The van der Waals surface area contributed by atoms with Crippen LogP contribution in [-0.2, 0) is 13.1 Å². The van der Waals surface area contributed by atoms with E-state index in [1.807, 2.05) is 11.0 Å². The van der Waals surface area contributed by atoms with E-state index < -0.39 is 0 Å². The molecule has 3 nitrogen and oxygen atoms in total. The van der Waals surface area contributed by atoms with Crippen molar-refractivity contribution in [2.45, 2.75) is 45.8 Å². The van der Waals surface area contributed by atoms with Gasteiger partial charge in [-0.3, -0.25) is 4.79 Å². The molecular formula is C16H22N2O. The van der Waals surface area contributed by atoms with Crippen LogP contribution in [0, 0.1) is 5.92 Å². The number of nitrogens with one attached hydrogen (secondary N) is 1. The van der Waals surface area contributed by atoms with E-state index in [9.17, 15) is 4.79 Å². The van der Waals surface area contributed by atoms with Gasteiger partial charge in [0.15, 0.2) is 0 Å². The quantitative estimate of drug-likeness (QED) is 0.900. The second kappa shape index (κ2) is 4.97. The number of hydrogen-bond acceptors (Lipinski definition) is 2.